The van der Waals surface area contributed by atoms with Gasteiger partial charge in [0.2, 0.25) is 5.95 Å². The molecule has 4 fully saturated rings. The van der Waals surface area contributed by atoms with Crippen molar-refractivity contribution in [2.75, 3.05) is 10.6 Å². The zero-order chi connectivity index (χ0) is 20.3. The highest BCUT2D eigenvalue weighted by molar-refractivity contribution is 5.97. The second-order valence-corrected chi connectivity index (χ2v) is 9.12. The van der Waals surface area contributed by atoms with Crippen molar-refractivity contribution in [3.63, 3.8) is 0 Å². The summed E-state index contributed by atoms with van der Waals surface area (Å²) in [6, 6.07) is -0.0240. The predicted octanol–water partition coefficient (Wildman–Crippen LogP) is 2.53. The molecular formula is C19H27F2N5O2. The number of carbonyl (C=O) groups excluding carboxylic acids is 1. The standard InChI is InChI=1S/C19H27F2N5O2/c1-10-3-4-11(5-13(10)27)24-15-12(14(22)28)6-23-16(25-15)26-19-7-18(8-19,9-19)17(2,20)21/h6,10-11,13,27H,3-5,7-9H2,1-2H3,(H2,22,28)(H2,23,24,25,26)/t10-,11-,13-,18?,19?/m1/s1. The molecule has 4 saturated carbocycles. The highest BCUT2D eigenvalue weighted by atomic mass is 19.3. The summed E-state index contributed by atoms with van der Waals surface area (Å²) in [6.07, 6.45) is 4.40. The normalized spacial score (nSPS) is 36.8. The quantitative estimate of drug-likeness (QED) is 0.589. The summed E-state index contributed by atoms with van der Waals surface area (Å²) in [7, 11) is 0. The lowest BCUT2D eigenvalue weighted by Gasteiger charge is -2.72. The first-order valence-electron chi connectivity index (χ1n) is 9.80. The maximum Gasteiger partial charge on any atom is 0.254 e. The van der Waals surface area contributed by atoms with Gasteiger partial charge in [0, 0.05) is 23.2 Å². The minimum absolute atomic E-state index is 0.0240. The number of rotatable bonds is 6. The number of aromatic nitrogens is 2. The second-order valence-electron chi connectivity index (χ2n) is 9.12. The van der Waals surface area contributed by atoms with Gasteiger partial charge in [0.05, 0.1) is 11.7 Å². The average molecular weight is 395 g/mol. The van der Waals surface area contributed by atoms with Crippen molar-refractivity contribution in [1.29, 1.82) is 0 Å². The van der Waals surface area contributed by atoms with Crippen LogP contribution in [0.2, 0.25) is 0 Å². The molecule has 0 spiro atoms. The fourth-order valence-electron chi connectivity index (χ4n) is 4.98. The average Bonchev–Trinajstić information content (AvgIpc) is 2.51. The third-order valence-electron chi connectivity index (χ3n) is 6.89. The number of anilines is 2. The minimum atomic E-state index is -2.68. The van der Waals surface area contributed by atoms with Crippen molar-refractivity contribution in [3.8, 4) is 0 Å². The summed E-state index contributed by atoms with van der Waals surface area (Å²) in [5, 5.41) is 16.5. The Balaban J connectivity index is 1.47. The van der Waals surface area contributed by atoms with E-state index in [4.69, 9.17) is 5.73 Å². The van der Waals surface area contributed by atoms with E-state index >= 15 is 0 Å². The van der Waals surface area contributed by atoms with Gasteiger partial charge in [-0.2, -0.15) is 4.98 Å². The molecule has 2 bridgehead atoms. The SMILES string of the molecule is C[C@@H]1CC[C@@H](Nc2nc(NC34CC(C(C)(F)F)(C3)C4)ncc2C(N)=O)C[C@H]1O. The summed E-state index contributed by atoms with van der Waals surface area (Å²) in [6.45, 7) is 2.99. The Morgan fingerprint density at radius 3 is 2.61 bits per heavy atom. The van der Waals surface area contributed by atoms with E-state index in [2.05, 4.69) is 20.6 Å². The van der Waals surface area contributed by atoms with Crippen molar-refractivity contribution < 1.29 is 18.7 Å². The third-order valence-corrected chi connectivity index (χ3v) is 6.89. The molecule has 1 amide bonds. The van der Waals surface area contributed by atoms with Gasteiger partial charge in [-0.1, -0.05) is 6.92 Å². The van der Waals surface area contributed by atoms with Gasteiger partial charge >= 0.3 is 0 Å². The number of halogens is 2. The number of nitrogens with two attached hydrogens (primary N) is 1. The highest BCUT2D eigenvalue weighted by Gasteiger charge is 2.76. The molecule has 1 aromatic heterocycles. The van der Waals surface area contributed by atoms with E-state index in [1.54, 1.807) is 0 Å². The Bertz CT molecular complexity index is 777. The smallest absolute Gasteiger partial charge is 0.254 e. The minimum Gasteiger partial charge on any atom is -0.393 e. The predicted molar refractivity (Wildman–Crippen MR) is 100 cm³/mol. The van der Waals surface area contributed by atoms with Gasteiger partial charge in [0.1, 0.15) is 5.82 Å². The van der Waals surface area contributed by atoms with E-state index in [-0.39, 0.29) is 23.1 Å². The van der Waals surface area contributed by atoms with E-state index in [1.807, 2.05) is 6.92 Å². The lowest BCUT2D eigenvalue weighted by molar-refractivity contribution is -0.258. The van der Waals surface area contributed by atoms with Crippen LogP contribution in [0, 0.1) is 11.3 Å². The van der Waals surface area contributed by atoms with Gasteiger partial charge in [-0.25, -0.2) is 13.8 Å². The molecule has 1 heterocycles. The summed E-state index contributed by atoms with van der Waals surface area (Å²) in [4.78, 5) is 20.3. The number of hydrogen-bond donors (Lipinski definition) is 4. The number of amides is 1. The number of hydrogen-bond acceptors (Lipinski definition) is 6. The van der Waals surface area contributed by atoms with Gasteiger partial charge in [-0.3, -0.25) is 4.79 Å². The molecule has 5 N–H and O–H groups in total. The second kappa shape index (κ2) is 6.23. The van der Waals surface area contributed by atoms with Crippen LogP contribution in [0.15, 0.2) is 6.20 Å². The molecule has 0 radical (unpaired) electrons. The molecule has 7 nitrogen and oxygen atoms in total. The molecule has 5 rings (SSSR count). The molecule has 0 aliphatic heterocycles. The zero-order valence-electron chi connectivity index (χ0n) is 16.1. The van der Waals surface area contributed by atoms with Gasteiger partial charge in [0.15, 0.2) is 0 Å². The fraction of sp³-hybridized carbons (Fsp3) is 0.737. The first kappa shape index (κ1) is 19.3. The van der Waals surface area contributed by atoms with Crippen LogP contribution in [0.3, 0.4) is 0 Å². The van der Waals surface area contributed by atoms with Crippen LogP contribution in [-0.2, 0) is 0 Å². The van der Waals surface area contributed by atoms with Crippen molar-refractivity contribution in [3.05, 3.63) is 11.8 Å². The van der Waals surface area contributed by atoms with Gasteiger partial charge in [0.25, 0.3) is 11.8 Å². The van der Waals surface area contributed by atoms with Crippen molar-refractivity contribution in [1.82, 2.24) is 9.97 Å². The van der Waals surface area contributed by atoms with Gasteiger partial charge in [-0.15, -0.1) is 0 Å². The summed E-state index contributed by atoms with van der Waals surface area (Å²) in [5.41, 5.74) is 4.33. The topological polar surface area (TPSA) is 113 Å². The van der Waals surface area contributed by atoms with Crippen LogP contribution in [0.25, 0.3) is 0 Å². The van der Waals surface area contributed by atoms with Crippen molar-refractivity contribution >= 4 is 17.7 Å². The molecule has 4 aliphatic carbocycles. The van der Waals surface area contributed by atoms with Crippen LogP contribution in [0.5, 0.6) is 0 Å². The summed E-state index contributed by atoms with van der Waals surface area (Å²) >= 11 is 0. The van der Waals surface area contributed by atoms with Crippen LogP contribution < -0.4 is 16.4 Å². The van der Waals surface area contributed by atoms with E-state index < -0.39 is 23.3 Å². The first-order chi connectivity index (χ1) is 13.0. The Hall–Kier alpha value is -2.03. The summed E-state index contributed by atoms with van der Waals surface area (Å²) < 4.78 is 27.4. The molecule has 0 aromatic carbocycles. The summed E-state index contributed by atoms with van der Waals surface area (Å²) in [5.74, 6) is -2.47. The van der Waals surface area contributed by atoms with E-state index in [0.717, 1.165) is 19.8 Å². The van der Waals surface area contributed by atoms with Gasteiger partial charge in [-0.05, 0) is 51.4 Å². The van der Waals surface area contributed by atoms with E-state index in [1.165, 1.54) is 6.20 Å². The number of alkyl halides is 2. The van der Waals surface area contributed by atoms with Crippen molar-refractivity contribution in [2.24, 2.45) is 17.1 Å². The lowest BCUT2D eigenvalue weighted by Crippen LogP contribution is -2.76. The van der Waals surface area contributed by atoms with E-state index in [9.17, 15) is 18.7 Å². The molecule has 1 aromatic rings. The molecule has 4 aliphatic rings. The van der Waals surface area contributed by atoms with Crippen LogP contribution in [0.1, 0.15) is 62.7 Å². The highest BCUT2D eigenvalue weighted by Crippen LogP contribution is 2.73. The van der Waals surface area contributed by atoms with Gasteiger partial charge < -0.3 is 21.5 Å². The maximum atomic E-state index is 13.7. The zero-order valence-corrected chi connectivity index (χ0v) is 16.1. The number of primary amides is 1. The Kier molecular flexibility index (Phi) is 4.30. The molecule has 28 heavy (non-hydrogen) atoms. The van der Waals surface area contributed by atoms with Crippen LogP contribution in [0.4, 0.5) is 20.5 Å². The maximum absolute atomic E-state index is 13.7. The molecule has 9 heteroatoms. The molecule has 0 unspecified atom stereocenters. The first-order valence-corrected chi connectivity index (χ1v) is 9.80. The number of aliphatic hydroxyl groups is 1. The Morgan fingerprint density at radius 1 is 1.36 bits per heavy atom. The number of carbonyl (C=O) groups is 1. The number of nitrogens with one attached hydrogen (secondary N) is 2. The third kappa shape index (κ3) is 3.09. The van der Waals surface area contributed by atoms with Crippen LogP contribution in [-0.4, -0.2) is 44.6 Å². The molecule has 154 valence electrons. The monoisotopic (exact) mass is 395 g/mol. The molecular weight excluding hydrogens is 368 g/mol. The van der Waals surface area contributed by atoms with Crippen LogP contribution >= 0.6 is 0 Å². The number of aliphatic hydroxyl groups excluding tert-OH is 1. The lowest BCUT2D eigenvalue weighted by atomic mass is 9.37. The largest absolute Gasteiger partial charge is 0.393 e. The number of nitrogens with zero attached hydrogens (tertiary/aromatic N) is 2. The Labute approximate surface area is 162 Å². The fourth-order valence-corrected chi connectivity index (χ4v) is 4.98. The Morgan fingerprint density at radius 2 is 2.04 bits per heavy atom. The molecule has 3 atom stereocenters. The van der Waals surface area contributed by atoms with Crippen molar-refractivity contribution in [2.45, 2.75) is 76.0 Å². The van der Waals surface area contributed by atoms with E-state index in [0.29, 0.717) is 37.4 Å². The molecule has 0 saturated heterocycles.